The van der Waals surface area contributed by atoms with Crippen molar-refractivity contribution >= 4 is 32.8 Å². The quantitative estimate of drug-likeness (QED) is 0.558. The lowest BCUT2D eigenvalue weighted by molar-refractivity contribution is -0.118. The first kappa shape index (κ1) is 21.1. The SMILES string of the molecule is Cc1ccc(S(=O)(=O)CCC(=O)N(Cc2csc(C)n2)c2ccc(F)cc2)cc1. The number of sulfone groups is 1. The lowest BCUT2D eigenvalue weighted by atomic mass is 10.2. The summed E-state index contributed by atoms with van der Waals surface area (Å²) in [6, 6.07) is 12.1. The Hall–Kier alpha value is -2.58. The van der Waals surface area contributed by atoms with Crippen LogP contribution in [0.25, 0.3) is 0 Å². The Morgan fingerprint density at radius 1 is 1.07 bits per heavy atom. The number of carbonyl (C=O) groups excluding carboxylic acids is 1. The third kappa shape index (κ3) is 5.48. The van der Waals surface area contributed by atoms with E-state index in [9.17, 15) is 17.6 Å². The molecule has 152 valence electrons. The summed E-state index contributed by atoms with van der Waals surface area (Å²) in [5, 5.41) is 2.72. The van der Waals surface area contributed by atoms with Crippen molar-refractivity contribution in [3.05, 3.63) is 76.0 Å². The van der Waals surface area contributed by atoms with Crippen molar-refractivity contribution in [3.63, 3.8) is 0 Å². The van der Waals surface area contributed by atoms with Crippen LogP contribution in [0.2, 0.25) is 0 Å². The van der Waals surface area contributed by atoms with Crippen LogP contribution in [0.4, 0.5) is 10.1 Å². The van der Waals surface area contributed by atoms with Crippen LogP contribution in [0.5, 0.6) is 0 Å². The molecule has 0 unspecified atom stereocenters. The van der Waals surface area contributed by atoms with Crippen molar-refractivity contribution in [2.45, 2.75) is 31.7 Å². The molecule has 0 aliphatic heterocycles. The number of amides is 1. The van der Waals surface area contributed by atoms with E-state index in [2.05, 4.69) is 4.98 Å². The second kappa shape index (κ2) is 8.84. The van der Waals surface area contributed by atoms with Gasteiger partial charge in [0.2, 0.25) is 5.91 Å². The largest absolute Gasteiger partial charge is 0.306 e. The Balaban J connectivity index is 1.78. The lowest BCUT2D eigenvalue weighted by Crippen LogP contribution is -2.32. The third-order valence-corrected chi connectivity index (χ3v) is 6.95. The van der Waals surface area contributed by atoms with E-state index in [1.807, 2.05) is 19.2 Å². The molecular formula is C21H21FN2O3S2. The standard InChI is InChI=1S/C21H21FN2O3S2/c1-15-3-9-20(10-4-15)29(26,27)12-11-21(25)24(13-18-14-28-16(2)23-18)19-7-5-17(22)6-8-19/h3-10,14H,11-13H2,1-2H3. The Labute approximate surface area is 173 Å². The normalized spacial score (nSPS) is 11.4. The minimum atomic E-state index is -3.58. The van der Waals surface area contributed by atoms with Gasteiger partial charge in [-0.05, 0) is 50.2 Å². The number of benzene rings is 2. The minimum Gasteiger partial charge on any atom is -0.306 e. The van der Waals surface area contributed by atoms with Crippen LogP contribution in [0, 0.1) is 19.7 Å². The lowest BCUT2D eigenvalue weighted by Gasteiger charge is -2.22. The van der Waals surface area contributed by atoms with Gasteiger partial charge in [-0.15, -0.1) is 11.3 Å². The predicted molar refractivity (Wildman–Crippen MR) is 112 cm³/mol. The number of halogens is 1. The van der Waals surface area contributed by atoms with Crippen molar-refractivity contribution in [2.24, 2.45) is 0 Å². The van der Waals surface area contributed by atoms with Gasteiger partial charge in [0, 0.05) is 17.5 Å². The second-order valence-corrected chi connectivity index (χ2v) is 9.87. The summed E-state index contributed by atoms with van der Waals surface area (Å²) in [7, 11) is -3.58. The van der Waals surface area contributed by atoms with Crippen LogP contribution >= 0.6 is 11.3 Å². The highest BCUT2D eigenvalue weighted by Gasteiger charge is 2.22. The number of thiazole rings is 1. The molecule has 0 spiro atoms. The average Bonchev–Trinajstić information content (AvgIpc) is 3.10. The molecule has 2 aromatic carbocycles. The molecule has 0 radical (unpaired) electrons. The average molecular weight is 433 g/mol. The molecule has 0 saturated carbocycles. The fourth-order valence-corrected chi connectivity index (χ4v) is 4.64. The Morgan fingerprint density at radius 3 is 2.31 bits per heavy atom. The van der Waals surface area contributed by atoms with Crippen LogP contribution in [-0.2, 0) is 21.2 Å². The Kier molecular flexibility index (Phi) is 6.44. The fourth-order valence-electron chi connectivity index (χ4n) is 2.81. The maximum absolute atomic E-state index is 13.3. The van der Waals surface area contributed by atoms with E-state index >= 15 is 0 Å². The molecule has 1 heterocycles. The second-order valence-electron chi connectivity index (χ2n) is 6.70. The van der Waals surface area contributed by atoms with Crippen LogP contribution < -0.4 is 4.90 Å². The summed E-state index contributed by atoms with van der Waals surface area (Å²) >= 11 is 1.47. The van der Waals surface area contributed by atoms with Crippen molar-refractivity contribution in [2.75, 3.05) is 10.7 Å². The number of aromatic nitrogens is 1. The number of rotatable bonds is 7. The molecule has 3 rings (SSSR count). The van der Waals surface area contributed by atoms with Gasteiger partial charge in [0.15, 0.2) is 9.84 Å². The number of aryl methyl sites for hydroxylation is 2. The number of carbonyl (C=O) groups is 1. The topological polar surface area (TPSA) is 67.3 Å². The molecule has 3 aromatic rings. The molecule has 8 heteroatoms. The fraction of sp³-hybridized carbons (Fsp3) is 0.238. The van der Waals surface area contributed by atoms with Crippen LogP contribution in [0.3, 0.4) is 0 Å². The summed E-state index contributed by atoms with van der Waals surface area (Å²) in [4.78, 5) is 18.9. The predicted octanol–water partition coefficient (Wildman–Crippen LogP) is 4.30. The molecule has 0 atom stereocenters. The van der Waals surface area contributed by atoms with E-state index in [0.29, 0.717) is 11.4 Å². The van der Waals surface area contributed by atoms with Gasteiger partial charge in [0.05, 0.1) is 27.9 Å². The summed E-state index contributed by atoms with van der Waals surface area (Å²) in [6.45, 7) is 3.94. The monoisotopic (exact) mass is 432 g/mol. The van der Waals surface area contributed by atoms with Gasteiger partial charge in [-0.25, -0.2) is 17.8 Å². The minimum absolute atomic E-state index is 0.184. The Bertz CT molecular complexity index is 1090. The smallest absolute Gasteiger partial charge is 0.228 e. The molecule has 0 N–H and O–H groups in total. The van der Waals surface area contributed by atoms with Gasteiger partial charge in [-0.3, -0.25) is 4.79 Å². The first-order chi connectivity index (χ1) is 13.7. The molecule has 1 amide bonds. The van der Waals surface area contributed by atoms with Gasteiger partial charge in [0.1, 0.15) is 5.82 Å². The van der Waals surface area contributed by atoms with Crippen molar-refractivity contribution in [1.29, 1.82) is 0 Å². The van der Waals surface area contributed by atoms with E-state index in [-0.39, 0.29) is 29.5 Å². The Morgan fingerprint density at radius 2 is 1.72 bits per heavy atom. The summed E-state index contributed by atoms with van der Waals surface area (Å²) in [6.07, 6.45) is -0.184. The zero-order valence-corrected chi connectivity index (χ0v) is 17.8. The summed E-state index contributed by atoms with van der Waals surface area (Å²) in [5.41, 5.74) is 2.16. The highest BCUT2D eigenvalue weighted by Crippen LogP contribution is 2.21. The van der Waals surface area contributed by atoms with Crippen LogP contribution in [0.15, 0.2) is 58.8 Å². The molecule has 1 aromatic heterocycles. The van der Waals surface area contributed by atoms with Gasteiger partial charge in [-0.1, -0.05) is 17.7 Å². The van der Waals surface area contributed by atoms with Gasteiger partial charge < -0.3 is 4.90 Å². The van der Waals surface area contributed by atoms with Crippen molar-refractivity contribution in [3.8, 4) is 0 Å². The van der Waals surface area contributed by atoms with Gasteiger partial charge >= 0.3 is 0 Å². The third-order valence-electron chi connectivity index (χ3n) is 4.39. The molecule has 5 nitrogen and oxygen atoms in total. The molecule has 0 aliphatic carbocycles. The van der Waals surface area contributed by atoms with Gasteiger partial charge in [0.25, 0.3) is 0 Å². The summed E-state index contributed by atoms with van der Waals surface area (Å²) in [5.74, 6) is -1.08. The number of hydrogen-bond acceptors (Lipinski definition) is 5. The van der Waals surface area contributed by atoms with E-state index in [0.717, 1.165) is 10.6 Å². The summed E-state index contributed by atoms with van der Waals surface area (Å²) < 4.78 is 38.5. The zero-order valence-electron chi connectivity index (χ0n) is 16.1. The maximum atomic E-state index is 13.3. The van der Waals surface area contributed by atoms with Crippen molar-refractivity contribution < 1.29 is 17.6 Å². The molecule has 0 bridgehead atoms. The number of nitrogens with zero attached hydrogens (tertiary/aromatic N) is 2. The van der Waals surface area contributed by atoms with Crippen LogP contribution in [-0.4, -0.2) is 25.1 Å². The highest BCUT2D eigenvalue weighted by molar-refractivity contribution is 7.91. The first-order valence-corrected chi connectivity index (χ1v) is 11.5. The molecular weight excluding hydrogens is 411 g/mol. The molecule has 0 aliphatic rings. The van der Waals surface area contributed by atoms with E-state index in [1.165, 1.54) is 40.5 Å². The van der Waals surface area contributed by atoms with E-state index in [4.69, 9.17) is 0 Å². The van der Waals surface area contributed by atoms with E-state index in [1.54, 1.807) is 24.3 Å². The van der Waals surface area contributed by atoms with Gasteiger partial charge in [-0.2, -0.15) is 0 Å². The molecule has 0 fully saturated rings. The molecule has 29 heavy (non-hydrogen) atoms. The van der Waals surface area contributed by atoms with E-state index < -0.39 is 15.7 Å². The maximum Gasteiger partial charge on any atom is 0.228 e. The molecule has 0 saturated heterocycles. The van der Waals surface area contributed by atoms with Crippen molar-refractivity contribution in [1.82, 2.24) is 4.98 Å². The zero-order chi connectivity index (χ0) is 21.0. The highest BCUT2D eigenvalue weighted by atomic mass is 32.2. The first-order valence-electron chi connectivity index (χ1n) is 9.01. The van der Waals surface area contributed by atoms with Crippen LogP contribution in [0.1, 0.15) is 22.7 Å². The number of hydrogen-bond donors (Lipinski definition) is 0. The number of anilines is 1.